The maximum atomic E-state index is 11.8. The van der Waals surface area contributed by atoms with Crippen molar-refractivity contribution in [3.63, 3.8) is 0 Å². The van der Waals surface area contributed by atoms with Crippen molar-refractivity contribution >= 4 is 17.3 Å². The Balaban J connectivity index is 1.58. The Morgan fingerprint density at radius 2 is 1.76 bits per heavy atom. The molecule has 4 heteroatoms. The summed E-state index contributed by atoms with van der Waals surface area (Å²) in [6, 6.07) is 10.5. The zero-order valence-corrected chi connectivity index (χ0v) is 15.9. The summed E-state index contributed by atoms with van der Waals surface area (Å²) in [6.07, 6.45) is 11.4. The third-order valence-electron chi connectivity index (χ3n) is 6.79. The molecule has 25 heavy (non-hydrogen) atoms. The van der Waals surface area contributed by atoms with Gasteiger partial charge < -0.3 is 15.3 Å². The molecule has 1 aromatic rings. The van der Waals surface area contributed by atoms with Gasteiger partial charge in [-0.2, -0.15) is 0 Å². The summed E-state index contributed by atoms with van der Waals surface area (Å²) in [5.41, 5.74) is 0.583. The van der Waals surface area contributed by atoms with Crippen LogP contribution in [-0.2, 0) is 6.42 Å². The molecular formula is C21H30N2OS. The largest absolute Gasteiger partial charge is 0.370 e. The van der Waals surface area contributed by atoms with E-state index in [9.17, 15) is 5.11 Å². The van der Waals surface area contributed by atoms with E-state index < -0.39 is 5.72 Å². The maximum absolute atomic E-state index is 11.8. The zero-order valence-electron chi connectivity index (χ0n) is 15.0. The highest BCUT2D eigenvalue weighted by molar-refractivity contribution is 7.80. The Labute approximate surface area is 156 Å². The van der Waals surface area contributed by atoms with Gasteiger partial charge in [0.2, 0.25) is 0 Å². The van der Waals surface area contributed by atoms with E-state index in [-0.39, 0.29) is 5.54 Å². The van der Waals surface area contributed by atoms with Crippen LogP contribution in [0.5, 0.6) is 0 Å². The fraction of sp³-hybridized carbons (Fsp3) is 0.667. The first kappa shape index (κ1) is 17.3. The van der Waals surface area contributed by atoms with Crippen LogP contribution in [0.4, 0.5) is 0 Å². The van der Waals surface area contributed by atoms with Crippen molar-refractivity contribution in [1.82, 2.24) is 10.2 Å². The standard InChI is InChI=1S/C21H30N2OS/c24-21-15-8-5-11-18(21)20(13-6-2-7-14-20)22-19(25)23(21)16-12-17-9-3-1-4-10-17/h1,3-4,9-10,18,24H,2,5-8,11-16H2,(H,22,25)/t18-,21+/m0/s1. The summed E-state index contributed by atoms with van der Waals surface area (Å²) < 4.78 is 0. The topological polar surface area (TPSA) is 35.5 Å². The number of rotatable bonds is 3. The van der Waals surface area contributed by atoms with Crippen LogP contribution in [0.15, 0.2) is 30.3 Å². The lowest BCUT2D eigenvalue weighted by Gasteiger charge is -2.61. The minimum atomic E-state index is -0.757. The van der Waals surface area contributed by atoms with E-state index in [4.69, 9.17) is 12.2 Å². The Morgan fingerprint density at radius 3 is 2.52 bits per heavy atom. The minimum absolute atomic E-state index is 0.0355. The number of aliphatic hydroxyl groups is 1. The van der Waals surface area contributed by atoms with E-state index in [0.717, 1.165) is 50.2 Å². The molecule has 0 unspecified atom stereocenters. The fourth-order valence-electron chi connectivity index (χ4n) is 5.56. The molecular weight excluding hydrogens is 328 g/mol. The Hall–Kier alpha value is -1.13. The van der Waals surface area contributed by atoms with Gasteiger partial charge in [-0.15, -0.1) is 0 Å². The van der Waals surface area contributed by atoms with Gasteiger partial charge in [-0.3, -0.25) is 0 Å². The predicted molar refractivity (Wildman–Crippen MR) is 105 cm³/mol. The van der Waals surface area contributed by atoms with Gasteiger partial charge in [-0.1, -0.05) is 56.0 Å². The molecule has 2 saturated carbocycles. The smallest absolute Gasteiger partial charge is 0.171 e. The van der Waals surface area contributed by atoms with E-state index in [2.05, 4.69) is 34.5 Å². The second-order valence-electron chi connectivity index (χ2n) is 8.21. The van der Waals surface area contributed by atoms with Gasteiger partial charge in [-0.05, 0) is 56.3 Å². The molecule has 1 saturated heterocycles. The second-order valence-corrected chi connectivity index (χ2v) is 8.60. The molecule has 1 aromatic carbocycles. The van der Waals surface area contributed by atoms with Gasteiger partial charge in [0.15, 0.2) is 5.11 Å². The van der Waals surface area contributed by atoms with Crippen molar-refractivity contribution in [2.75, 3.05) is 6.54 Å². The van der Waals surface area contributed by atoms with Crippen LogP contribution < -0.4 is 5.32 Å². The predicted octanol–water partition coefficient (Wildman–Crippen LogP) is 4.00. The van der Waals surface area contributed by atoms with Crippen molar-refractivity contribution in [3.05, 3.63) is 35.9 Å². The first-order chi connectivity index (χ1) is 12.1. The molecule has 2 atom stereocenters. The molecule has 1 heterocycles. The molecule has 3 aliphatic rings. The maximum Gasteiger partial charge on any atom is 0.171 e. The van der Waals surface area contributed by atoms with Crippen molar-refractivity contribution in [2.24, 2.45) is 5.92 Å². The molecule has 136 valence electrons. The highest BCUT2D eigenvalue weighted by Crippen LogP contribution is 2.50. The van der Waals surface area contributed by atoms with Crippen LogP contribution in [0.1, 0.15) is 63.4 Å². The van der Waals surface area contributed by atoms with Gasteiger partial charge in [0.25, 0.3) is 0 Å². The zero-order chi connectivity index (χ0) is 17.3. The van der Waals surface area contributed by atoms with Gasteiger partial charge in [0.05, 0.1) is 0 Å². The van der Waals surface area contributed by atoms with Crippen LogP contribution in [-0.4, -0.2) is 32.9 Å². The first-order valence-electron chi connectivity index (χ1n) is 10.0. The summed E-state index contributed by atoms with van der Waals surface area (Å²) in [5, 5.41) is 16.3. The summed E-state index contributed by atoms with van der Waals surface area (Å²) in [6.45, 7) is 0.791. The third-order valence-corrected chi connectivity index (χ3v) is 7.12. The Kier molecular flexibility index (Phi) is 4.76. The number of thiocarbonyl (C=S) groups is 1. The number of hydrogen-bond acceptors (Lipinski definition) is 2. The van der Waals surface area contributed by atoms with Crippen molar-refractivity contribution < 1.29 is 5.11 Å². The Morgan fingerprint density at radius 1 is 1.04 bits per heavy atom. The van der Waals surface area contributed by atoms with Crippen molar-refractivity contribution in [1.29, 1.82) is 0 Å². The second kappa shape index (κ2) is 6.88. The number of hydrogen-bond donors (Lipinski definition) is 2. The SMILES string of the molecule is O[C@]12CCCC[C@H]1C1(CCCCC1)NC(=S)N2CCc1ccccc1. The summed E-state index contributed by atoms with van der Waals surface area (Å²) in [5.74, 6) is 0.302. The number of nitrogens with one attached hydrogen (secondary N) is 1. The molecule has 0 aromatic heterocycles. The van der Waals surface area contributed by atoms with Crippen LogP contribution in [0, 0.1) is 5.92 Å². The van der Waals surface area contributed by atoms with Gasteiger partial charge in [0.1, 0.15) is 5.72 Å². The van der Waals surface area contributed by atoms with Crippen LogP contribution in [0.25, 0.3) is 0 Å². The summed E-state index contributed by atoms with van der Waals surface area (Å²) in [7, 11) is 0. The lowest BCUT2D eigenvalue weighted by Crippen LogP contribution is -2.75. The Bertz CT molecular complexity index is 614. The lowest BCUT2D eigenvalue weighted by atomic mass is 9.62. The molecule has 3 fully saturated rings. The number of nitrogens with zero attached hydrogens (tertiary/aromatic N) is 1. The molecule has 3 nitrogen and oxygen atoms in total. The molecule has 2 N–H and O–H groups in total. The fourth-order valence-corrected chi connectivity index (χ4v) is 6.01. The first-order valence-corrected chi connectivity index (χ1v) is 10.4. The highest BCUT2D eigenvalue weighted by atomic mass is 32.1. The van der Waals surface area contributed by atoms with Crippen molar-refractivity contribution in [3.8, 4) is 0 Å². The average Bonchev–Trinajstić information content (AvgIpc) is 2.63. The van der Waals surface area contributed by atoms with Crippen molar-refractivity contribution in [2.45, 2.75) is 75.5 Å². The molecule has 0 bridgehead atoms. The van der Waals surface area contributed by atoms with Crippen LogP contribution in [0.2, 0.25) is 0 Å². The lowest BCUT2D eigenvalue weighted by molar-refractivity contribution is -0.181. The average molecular weight is 359 g/mol. The molecule has 4 rings (SSSR count). The van der Waals surface area contributed by atoms with E-state index in [0.29, 0.717) is 5.92 Å². The van der Waals surface area contributed by atoms with E-state index in [1.165, 1.54) is 31.2 Å². The highest BCUT2D eigenvalue weighted by Gasteiger charge is 2.58. The van der Waals surface area contributed by atoms with Gasteiger partial charge in [0, 0.05) is 18.0 Å². The minimum Gasteiger partial charge on any atom is -0.370 e. The summed E-state index contributed by atoms with van der Waals surface area (Å²) >= 11 is 5.79. The molecule has 0 radical (unpaired) electrons. The molecule has 0 amide bonds. The van der Waals surface area contributed by atoms with Crippen LogP contribution >= 0.6 is 12.2 Å². The van der Waals surface area contributed by atoms with Crippen LogP contribution in [0.3, 0.4) is 0 Å². The van der Waals surface area contributed by atoms with E-state index in [1.807, 2.05) is 6.07 Å². The summed E-state index contributed by atoms with van der Waals surface area (Å²) in [4.78, 5) is 2.12. The third kappa shape index (κ3) is 3.08. The monoisotopic (exact) mass is 358 g/mol. The normalized spacial score (nSPS) is 31.5. The molecule has 1 aliphatic heterocycles. The van der Waals surface area contributed by atoms with Gasteiger partial charge in [-0.25, -0.2) is 0 Å². The van der Waals surface area contributed by atoms with E-state index in [1.54, 1.807) is 0 Å². The van der Waals surface area contributed by atoms with Gasteiger partial charge >= 0.3 is 0 Å². The molecule has 2 aliphatic carbocycles. The van der Waals surface area contributed by atoms with E-state index >= 15 is 0 Å². The quantitative estimate of drug-likeness (QED) is 0.801. The number of benzene rings is 1. The molecule has 1 spiro atoms. The number of fused-ring (bicyclic) bond motifs is 2.